The molecule has 1 aliphatic heterocycles. The van der Waals surface area contributed by atoms with Crippen LogP contribution in [0.15, 0.2) is 35.7 Å². The first-order valence-electron chi connectivity index (χ1n) is 7.67. The van der Waals surface area contributed by atoms with Crippen molar-refractivity contribution in [1.82, 2.24) is 20.2 Å². The zero-order valence-electron chi connectivity index (χ0n) is 13.3. The molecule has 1 aliphatic rings. The van der Waals surface area contributed by atoms with Crippen LogP contribution in [0.2, 0.25) is 5.02 Å². The Morgan fingerprint density at radius 3 is 2.88 bits per heavy atom. The van der Waals surface area contributed by atoms with E-state index >= 15 is 0 Å². The molecule has 6 nitrogen and oxygen atoms in total. The Morgan fingerprint density at radius 1 is 1.21 bits per heavy atom. The normalized spacial score (nSPS) is 12.7. The molecular weight excluding hydrogens is 324 g/mol. The van der Waals surface area contributed by atoms with E-state index in [2.05, 4.69) is 32.4 Å². The van der Waals surface area contributed by atoms with E-state index in [1.807, 2.05) is 25.3 Å². The van der Waals surface area contributed by atoms with E-state index in [9.17, 15) is 0 Å². The molecular formula is C17H15ClN6. The summed E-state index contributed by atoms with van der Waals surface area (Å²) in [5.41, 5.74) is 6.02. The van der Waals surface area contributed by atoms with Gasteiger partial charge in [-0.15, -0.1) is 0 Å². The summed E-state index contributed by atoms with van der Waals surface area (Å²) in [6.45, 7) is 4.01. The van der Waals surface area contributed by atoms with Crippen LogP contribution in [0, 0.1) is 6.92 Å². The number of H-pyrrole nitrogens is 1. The SMILES string of the molecule is CCc1cc2c(cn1)C(c1ccncc1Cl)=Nc1c(n[nH]c1C)N2. The number of nitrogens with one attached hydrogen (secondary N) is 2. The van der Waals surface area contributed by atoms with E-state index in [-0.39, 0.29) is 0 Å². The summed E-state index contributed by atoms with van der Waals surface area (Å²) >= 11 is 6.37. The van der Waals surface area contributed by atoms with Gasteiger partial charge in [0.05, 0.1) is 22.1 Å². The van der Waals surface area contributed by atoms with Gasteiger partial charge < -0.3 is 5.32 Å². The predicted octanol–water partition coefficient (Wildman–Crippen LogP) is 3.95. The lowest BCUT2D eigenvalue weighted by atomic mass is 10.0. The maximum Gasteiger partial charge on any atom is 0.178 e. The van der Waals surface area contributed by atoms with Crippen molar-refractivity contribution >= 4 is 34.5 Å². The van der Waals surface area contributed by atoms with Gasteiger partial charge in [-0.05, 0) is 25.5 Å². The lowest BCUT2D eigenvalue weighted by molar-refractivity contribution is 1.03. The van der Waals surface area contributed by atoms with Crippen LogP contribution in [0.25, 0.3) is 0 Å². The Labute approximate surface area is 144 Å². The van der Waals surface area contributed by atoms with Crippen LogP contribution >= 0.6 is 11.6 Å². The first-order chi connectivity index (χ1) is 11.7. The van der Waals surface area contributed by atoms with Gasteiger partial charge in [-0.25, -0.2) is 4.99 Å². The van der Waals surface area contributed by atoms with Crippen LogP contribution in [-0.4, -0.2) is 25.9 Å². The number of nitrogens with zero attached hydrogens (tertiary/aromatic N) is 4. The maximum absolute atomic E-state index is 6.37. The summed E-state index contributed by atoms with van der Waals surface area (Å²) in [5.74, 6) is 0.696. The van der Waals surface area contributed by atoms with Gasteiger partial charge in [0, 0.05) is 35.4 Å². The molecule has 0 unspecified atom stereocenters. The summed E-state index contributed by atoms with van der Waals surface area (Å²) in [6.07, 6.45) is 6.01. The highest BCUT2D eigenvalue weighted by Gasteiger charge is 2.23. The number of aromatic nitrogens is 4. The maximum atomic E-state index is 6.37. The monoisotopic (exact) mass is 338 g/mol. The predicted molar refractivity (Wildman–Crippen MR) is 94.8 cm³/mol. The smallest absolute Gasteiger partial charge is 0.178 e. The van der Waals surface area contributed by atoms with Crippen molar-refractivity contribution in [3.63, 3.8) is 0 Å². The van der Waals surface area contributed by atoms with E-state index < -0.39 is 0 Å². The summed E-state index contributed by atoms with van der Waals surface area (Å²) < 4.78 is 0. The van der Waals surface area contributed by atoms with Crippen molar-refractivity contribution in [2.24, 2.45) is 4.99 Å². The van der Waals surface area contributed by atoms with Gasteiger partial charge in [0.1, 0.15) is 5.69 Å². The molecule has 3 aromatic rings. The Hall–Kier alpha value is -2.73. The van der Waals surface area contributed by atoms with E-state index in [0.29, 0.717) is 10.8 Å². The largest absolute Gasteiger partial charge is 0.336 e. The minimum atomic E-state index is 0.548. The summed E-state index contributed by atoms with van der Waals surface area (Å²) in [4.78, 5) is 13.4. The van der Waals surface area contributed by atoms with E-state index in [1.54, 1.807) is 12.4 Å². The van der Waals surface area contributed by atoms with Crippen molar-refractivity contribution in [2.45, 2.75) is 20.3 Å². The van der Waals surface area contributed by atoms with Crippen LogP contribution < -0.4 is 5.32 Å². The zero-order chi connectivity index (χ0) is 16.7. The van der Waals surface area contributed by atoms with Crippen molar-refractivity contribution in [2.75, 3.05) is 5.32 Å². The molecule has 0 saturated heterocycles. The lowest BCUT2D eigenvalue weighted by Gasteiger charge is -2.12. The second kappa shape index (κ2) is 5.72. The van der Waals surface area contributed by atoms with Crippen LogP contribution in [0.4, 0.5) is 17.2 Å². The number of anilines is 2. The third-order valence-electron chi connectivity index (χ3n) is 4.00. The van der Waals surface area contributed by atoms with Gasteiger partial charge in [0.25, 0.3) is 0 Å². The van der Waals surface area contributed by atoms with E-state index in [1.165, 1.54) is 0 Å². The Kier molecular flexibility index (Phi) is 3.54. The fourth-order valence-electron chi connectivity index (χ4n) is 2.70. The zero-order valence-corrected chi connectivity index (χ0v) is 14.0. The molecule has 4 heterocycles. The number of fused-ring (bicyclic) bond motifs is 2. The molecule has 3 aromatic heterocycles. The number of hydrogen-bond donors (Lipinski definition) is 2. The van der Waals surface area contributed by atoms with Gasteiger partial charge in [0.15, 0.2) is 5.82 Å². The molecule has 0 atom stereocenters. The van der Waals surface area contributed by atoms with Crippen molar-refractivity contribution < 1.29 is 0 Å². The number of halogens is 1. The molecule has 0 aromatic carbocycles. The Morgan fingerprint density at radius 2 is 2.08 bits per heavy atom. The second-order valence-corrected chi connectivity index (χ2v) is 5.97. The molecule has 24 heavy (non-hydrogen) atoms. The summed E-state index contributed by atoms with van der Waals surface area (Å²) in [6, 6.07) is 3.89. The molecule has 0 bridgehead atoms. The average molecular weight is 339 g/mol. The standard InChI is InChI=1S/C17H15ClN6/c1-3-10-6-14-12(7-20-10)16(11-4-5-19-8-13(11)18)22-15-9(2)23-24-17(15)21-14/h4-8H,3H2,1-2H3,(H2,21,23,24). The van der Waals surface area contributed by atoms with Gasteiger partial charge in [-0.2, -0.15) is 5.10 Å². The fraction of sp³-hybridized carbons (Fsp3) is 0.176. The molecule has 7 heteroatoms. The van der Waals surface area contributed by atoms with Crippen LogP contribution in [0.5, 0.6) is 0 Å². The highest BCUT2D eigenvalue weighted by atomic mass is 35.5. The molecule has 2 N–H and O–H groups in total. The lowest BCUT2D eigenvalue weighted by Crippen LogP contribution is -2.08. The molecule has 0 amide bonds. The molecule has 0 radical (unpaired) electrons. The third-order valence-corrected chi connectivity index (χ3v) is 4.30. The molecule has 4 rings (SSSR count). The quantitative estimate of drug-likeness (QED) is 0.580. The molecule has 120 valence electrons. The first-order valence-corrected chi connectivity index (χ1v) is 8.05. The number of aliphatic imine (C=N–C) groups is 1. The van der Waals surface area contributed by atoms with Crippen molar-refractivity contribution in [1.29, 1.82) is 0 Å². The van der Waals surface area contributed by atoms with Gasteiger partial charge >= 0.3 is 0 Å². The van der Waals surface area contributed by atoms with Crippen molar-refractivity contribution in [3.8, 4) is 0 Å². The van der Waals surface area contributed by atoms with E-state index in [0.717, 1.165) is 46.0 Å². The number of aromatic amines is 1. The topological polar surface area (TPSA) is 78.8 Å². The second-order valence-electron chi connectivity index (χ2n) is 5.56. The van der Waals surface area contributed by atoms with Crippen LogP contribution in [0.3, 0.4) is 0 Å². The Bertz CT molecular complexity index is 959. The number of hydrogen-bond acceptors (Lipinski definition) is 5. The van der Waals surface area contributed by atoms with Crippen LogP contribution in [-0.2, 0) is 6.42 Å². The molecule has 0 saturated carbocycles. The molecule has 0 fully saturated rings. The van der Waals surface area contributed by atoms with Gasteiger partial charge in [0.2, 0.25) is 0 Å². The summed E-state index contributed by atoms with van der Waals surface area (Å²) in [5, 5.41) is 11.2. The highest BCUT2D eigenvalue weighted by molar-refractivity contribution is 6.36. The fourth-order valence-corrected chi connectivity index (χ4v) is 2.91. The molecule has 0 aliphatic carbocycles. The number of rotatable bonds is 2. The average Bonchev–Trinajstić information content (AvgIpc) is 2.85. The first kappa shape index (κ1) is 14.8. The minimum Gasteiger partial charge on any atom is -0.336 e. The van der Waals surface area contributed by atoms with Gasteiger partial charge in [-0.1, -0.05) is 18.5 Å². The van der Waals surface area contributed by atoms with Crippen LogP contribution in [0.1, 0.15) is 29.4 Å². The van der Waals surface area contributed by atoms with Gasteiger partial charge in [-0.3, -0.25) is 15.1 Å². The number of pyridine rings is 2. The number of aryl methyl sites for hydroxylation is 2. The van der Waals surface area contributed by atoms with E-state index in [4.69, 9.17) is 16.6 Å². The Balaban J connectivity index is 2.01. The highest BCUT2D eigenvalue weighted by Crippen LogP contribution is 2.37. The third kappa shape index (κ3) is 2.35. The minimum absolute atomic E-state index is 0.548. The summed E-state index contributed by atoms with van der Waals surface area (Å²) in [7, 11) is 0. The van der Waals surface area contributed by atoms with Crippen molar-refractivity contribution in [3.05, 3.63) is 58.3 Å². The molecule has 0 spiro atoms.